The van der Waals surface area contributed by atoms with Crippen molar-refractivity contribution in [3.63, 3.8) is 0 Å². The topological polar surface area (TPSA) is 79.0 Å². The molecule has 0 spiro atoms. The molecule has 4 nitrogen and oxygen atoms in total. The second kappa shape index (κ2) is 12.0. The van der Waals surface area contributed by atoms with Gasteiger partial charge in [0.05, 0.1) is 6.54 Å². The third-order valence-electron chi connectivity index (χ3n) is 3.47. The molecule has 22 heavy (non-hydrogen) atoms. The van der Waals surface area contributed by atoms with Gasteiger partial charge in [0.25, 0.3) is 5.91 Å². The van der Waals surface area contributed by atoms with Crippen LogP contribution in [0, 0.1) is 5.41 Å². The summed E-state index contributed by atoms with van der Waals surface area (Å²) in [6.07, 6.45) is 8.84. The molecular weight excluding hydrogens is 298 g/mol. The number of nitrogens with two attached hydrogens (primary N) is 1. The summed E-state index contributed by atoms with van der Waals surface area (Å²) in [5.74, 6) is -0.223. The Balaban J connectivity index is 0.00000441. The lowest BCUT2D eigenvalue weighted by Crippen LogP contribution is -2.32. The minimum atomic E-state index is -0.184. The van der Waals surface area contributed by atoms with Crippen LogP contribution in [-0.4, -0.2) is 18.3 Å². The Hall–Kier alpha value is -1.55. The van der Waals surface area contributed by atoms with E-state index in [1.54, 1.807) is 0 Å². The van der Waals surface area contributed by atoms with E-state index in [4.69, 9.17) is 11.1 Å². The van der Waals surface area contributed by atoms with Gasteiger partial charge in [-0.05, 0) is 30.5 Å². The van der Waals surface area contributed by atoms with Gasteiger partial charge in [-0.15, -0.1) is 12.4 Å². The minimum absolute atomic E-state index is 0. The van der Waals surface area contributed by atoms with E-state index in [1.807, 2.05) is 24.3 Å². The number of unbranched alkanes of at least 4 members (excludes halogenated alkanes) is 5. The lowest BCUT2D eigenvalue weighted by Gasteiger charge is -2.06. The van der Waals surface area contributed by atoms with E-state index in [2.05, 4.69) is 12.2 Å². The molecule has 0 fully saturated rings. The molecule has 1 aromatic rings. The number of amides is 1. The second-order valence-electron chi connectivity index (χ2n) is 5.42. The first-order chi connectivity index (χ1) is 10.1. The average Bonchev–Trinajstić information content (AvgIpc) is 2.49. The molecule has 1 amide bonds. The zero-order chi connectivity index (χ0) is 15.5. The lowest BCUT2D eigenvalue weighted by molar-refractivity contribution is 0.0959. The van der Waals surface area contributed by atoms with Crippen molar-refractivity contribution in [2.75, 3.05) is 6.54 Å². The van der Waals surface area contributed by atoms with Crippen molar-refractivity contribution in [3.05, 3.63) is 35.4 Å². The number of rotatable bonds is 10. The Morgan fingerprint density at radius 3 is 2.27 bits per heavy atom. The van der Waals surface area contributed by atoms with Crippen molar-refractivity contribution >= 4 is 24.1 Å². The fourth-order valence-corrected chi connectivity index (χ4v) is 2.21. The monoisotopic (exact) mass is 325 g/mol. The zero-order valence-electron chi connectivity index (χ0n) is 13.4. The van der Waals surface area contributed by atoms with Gasteiger partial charge in [0, 0.05) is 5.56 Å². The number of carbonyl (C=O) groups excluding carboxylic acids is 1. The molecule has 0 radical (unpaired) electrons. The summed E-state index contributed by atoms with van der Waals surface area (Å²) in [5.41, 5.74) is 7.10. The molecule has 0 saturated heterocycles. The number of aryl methyl sites for hydroxylation is 1. The molecule has 0 aliphatic rings. The first-order valence-electron chi connectivity index (χ1n) is 7.83. The fourth-order valence-electron chi connectivity index (χ4n) is 2.21. The average molecular weight is 326 g/mol. The number of hydrogen-bond acceptors (Lipinski definition) is 2. The quantitative estimate of drug-likeness (QED) is 0.348. The normalized spacial score (nSPS) is 9.86. The van der Waals surface area contributed by atoms with Crippen LogP contribution in [0.2, 0.25) is 0 Å². The third kappa shape index (κ3) is 8.67. The van der Waals surface area contributed by atoms with Crippen LogP contribution in [0.5, 0.6) is 0 Å². The Morgan fingerprint density at radius 2 is 1.68 bits per heavy atom. The molecule has 1 rings (SSSR count). The summed E-state index contributed by atoms with van der Waals surface area (Å²) in [6.45, 7) is 2.33. The number of carbonyl (C=O) groups is 1. The molecule has 0 aliphatic heterocycles. The Kier molecular flexibility index (Phi) is 11.2. The predicted octanol–water partition coefficient (Wildman–Crippen LogP) is 3.68. The molecule has 4 N–H and O–H groups in total. The van der Waals surface area contributed by atoms with E-state index in [9.17, 15) is 4.79 Å². The molecule has 0 bridgehead atoms. The lowest BCUT2D eigenvalue weighted by atomic mass is 10.0. The van der Waals surface area contributed by atoms with Crippen molar-refractivity contribution < 1.29 is 4.79 Å². The third-order valence-corrected chi connectivity index (χ3v) is 3.47. The van der Waals surface area contributed by atoms with Gasteiger partial charge >= 0.3 is 0 Å². The highest BCUT2D eigenvalue weighted by molar-refractivity contribution is 5.96. The predicted molar refractivity (Wildman–Crippen MR) is 95.0 cm³/mol. The standard InChI is InChI=1S/C17H27N3O.ClH/c1-2-3-4-5-6-7-8-14-9-11-15(12-10-14)17(21)20-13-16(18)19;/h9-12H,2-8,13H2,1H3,(H3,18,19)(H,20,21);1H. The summed E-state index contributed by atoms with van der Waals surface area (Å²) in [6, 6.07) is 7.69. The first-order valence-corrected chi connectivity index (χ1v) is 7.83. The van der Waals surface area contributed by atoms with E-state index in [0.717, 1.165) is 6.42 Å². The van der Waals surface area contributed by atoms with Crippen molar-refractivity contribution in [2.45, 2.75) is 51.9 Å². The highest BCUT2D eigenvalue weighted by Crippen LogP contribution is 2.11. The number of amidine groups is 1. The van der Waals surface area contributed by atoms with E-state index in [-0.39, 0.29) is 30.7 Å². The van der Waals surface area contributed by atoms with Crippen molar-refractivity contribution in [3.8, 4) is 0 Å². The highest BCUT2D eigenvalue weighted by atomic mass is 35.5. The Bertz CT molecular complexity index is 446. The maximum Gasteiger partial charge on any atom is 0.251 e. The van der Waals surface area contributed by atoms with Gasteiger partial charge in [0.2, 0.25) is 0 Å². The van der Waals surface area contributed by atoms with E-state index >= 15 is 0 Å². The molecule has 0 unspecified atom stereocenters. The molecule has 5 heteroatoms. The molecule has 0 saturated carbocycles. The van der Waals surface area contributed by atoms with Crippen LogP contribution >= 0.6 is 12.4 Å². The molecule has 0 atom stereocenters. The van der Waals surface area contributed by atoms with Gasteiger partial charge in [-0.3, -0.25) is 10.2 Å². The van der Waals surface area contributed by atoms with Crippen molar-refractivity contribution in [2.24, 2.45) is 5.73 Å². The van der Waals surface area contributed by atoms with Crippen LogP contribution in [0.1, 0.15) is 61.4 Å². The van der Waals surface area contributed by atoms with Crippen LogP contribution in [0.3, 0.4) is 0 Å². The first kappa shape index (κ1) is 20.5. The van der Waals surface area contributed by atoms with Gasteiger partial charge in [-0.1, -0.05) is 51.2 Å². The molecule has 124 valence electrons. The number of halogens is 1. The van der Waals surface area contributed by atoms with Crippen LogP contribution in [-0.2, 0) is 6.42 Å². The molecular formula is C17H28ClN3O. The van der Waals surface area contributed by atoms with Crippen molar-refractivity contribution in [1.29, 1.82) is 5.41 Å². The number of nitrogens with one attached hydrogen (secondary N) is 2. The highest BCUT2D eigenvalue weighted by Gasteiger charge is 2.05. The van der Waals surface area contributed by atoms with Crippen LogP contribution in [0.4, 0.5) is 0 Å². The van der Waals surface area contributed by atoms with Gasteiger partial charge in [0.15, 0.2) is 0 Å². The van der Waals surface area contributed by atoms with Gasteiger partial charge in [-0.25, -0.2) is 0 Å². The Labute approximate surface area is 139 Å². The van der Waals surface area contributed by atoms with Gasteiger partial charge in [-0.2, -0.15) is 0 Å². The number of benzene rings is 1. The Morgan fingerprint density at radius 1 is 1.09 bits per heavy atom. The SMILES string of the molecule is CCCCCCCCc1ccc(C(=O)NCC(=N)N)cc1.Cl. The van der Waals surface area contributed by atoms with Crippen LogP contribution in [0.15, 0.2) is 24.3 Å². The number of hydrogen-bond donors (Lipinski definition) is 3. The maximum absolute atomic E-state index is 11.8. The molecule has 1 aromatic carbocycles. The minimum Gasteiger partial charge on any atom is -0.386 e. The maximum atomic E-state index is 11.8. The van der Waals surface area contributed by atoms with Crippen LogP contribution in [0.25, 0.3) is 0 Å². The second-order valence-corrected chi connectivity index (χ2v) is 5.42. The largest absolute Gasteiger partial charge is 0.386 e. The zero-order valence-corrected chi connectivity index (χ0v) is 14.2. The van der Waals surface area contributed by atoms with E-state index < -0.39 is 0 Å². The fraction of sp³-hybridized carbons (Fsp3) is 0.529. The summed E-state index contributed by atoms with van der Waals surface area (Å²) >= 11 is 0. The summed E-state index contributed by atoms with van der Waals surface area (Å²) < 4.78 is 0. The summed E-state index contributed by atoms with van der Waals surface area (Å²) in [7, 11) is 0. The summed E-state index contributed by atoms with van der Waals surface area (Å²) in [4.78, 5) is 11.8. The van der Waals surface area contributed by atoms with Crippen LogP contribution < -0.4 is 11.1 Å². The van der Waals surface area contributed by atoms with E-state index in [1.165, 1.54) is 44.1 Å². The molecule has 0 heterocycles. The smallest absolute Gasteiger partial charge is 0.251 e. The van der Waals surface area contributed by atoms with Gasteiger partial charge < -0.3 is 11.1 Å². The van der Waals surface area contributed by atoms with Crippen molar-refractivity contribution in [1.82, 2.24) is 5.32 Å². The molecule has 0 aliphatic carbocycles. The molecule has 0 aromatic heterocycles. The summed E-state index contributed by atoms with van der Waals surface area (Å²) in [5, 5.41) is 9.68. The van der Waals surface area contributed by atoms with Gasteiger partial charge in [0.1, 0.15) is 5.84 Å². The van der Waals surface area contributed by atoms with E-state index in [0.29, 0.717) is 5.56 Å².